The van der Waals surface area contributed by atoms with Crippen LogP contribution in [0.5, 0.6) is 0 Å². The lowest BCUT2D eigenvalue weighted by atomic mass is 9.74. The molecule has 0 saturated heterocycles. The van der Waals surface area contributed by atoms with Crippen molar-refractivity contribution in [3.05, 3.63) is 84.0 Å². The molecule has 1 atom stereocenters. The fourth-order valence-electron chi connectivity index (χ4n) is 5.31. The van der Waals surface area contributed by atoms with Crippen LogP contribution in [0.3, 0.4) is 0 Å². The van der Waals surface area contributed by atoms with Crippen molar-refractivity contribution in [1.82, 2.24) is 0 Å². The maximum atomic E-state index is 11.7. The number of carbonyl (C=O) groups excluding carboxylic acids is 2. The summed E-state index contributed by atoms with van der Waals surface area (Å²) in [7, 11) is 0. The van der Waals surface area contributed by atoms with Gasteiger partial charge in [0.1, 0.15) is 6.29 Å². The molecule has 1 saturated carbocycles. The van der Waals surface area contributed by atoms with Crippen LogP contribution in [-0.4, -0.2) is 42.3 Å². The first-order chi connectivity index (χ1) is 19.8. The molecule has 224 valence electrons. The maximum absolute atomic E-state index is 11.7. The average Bonchev–Trinajstić information content (AvgIpc) is 3.01. The fraction of sp³-hybridized carbons (Fsp3) is 0.500. The summed E-state index contributed by atoms with van der Waals surface area (Å²) in [5.74, 6) is 0.856. The molecule has 0 amide bonds. The third kappa shape index (κ3) is 12.6. The molecule has 0 spiro atoms. The van der Waals surface area contributed by atoms with Gasteiger partial charge in [-0.3, -0.25) is 4.79 Å². The zero-order valence-electron chi connectivity index (χ0n) is 25.2. The van der Waals surface area contributed by atoms with E-state index in [0.717, 1.165) is 25.2 Å². The Morgan fingerprint density at radius 1 is 0.927 bits per heavy atom. The van der Waals surface area contributed by atoms with Crippen LogP contribution in [-0.2, 0) is 27.2 Å². The second-order valence-corrected chi connectivity index (χ2v) is 11.4. The molecule has 2 aromatic rings. The first-order valence-corrected chi connectivity index (χ1v) is 15.2. The van der Waals surface area contributed by atoms with Gasteiger partial charge in [-0.2, -0.15) is 0 Å². The molecule has 1 unspecified atom stereocenters. The second kappa shape index (κ2) is 19.2. The molecule has 0 aromatic heterocycles. The third-order valence-electron chi connectivity index (χ3n) is 8.09. The standard InChI is InChI=1S/C32H44O3.C4H6O2/c1-4-5-6-7-25-10-16-28(17-11-25)29-18-12-26(13-19-29)8-9-27-14-20-30(21-15-27)31(22-33)23-35-32(34)24(2)3;1-4(2-5)3-6/h10-13,16-19,27,30-31,33H,2,4-9,14-15,20-23H2,1,3H3;2,6H,1,3H2. The SMILES string of the molecule is C=C(C)C(=O)OCC(CO)C1CCC(CCc2ccc(-c3ccc(CCCCC)cc3)cc2)CC1.C=C(C=O)CO. The molecular weight excluding hydrogens is 512 g/mol. The predicted octanol–water partition coefficient (Wildman–Crippen LogP) is 7.29. The number of aliphatic hydroxyl groups excluding tert-OH is 2. The molecule has 3 rings (SSSR count). The molecule has 5 nitrogen and oxygen atoms in total. The smallest absolute Gasteiger partial charge is 0.333 e. The van der Waals surface area contributed by atoms with E-state index in [4.69, 9.17) is 9.84 Å². The van der Waals surface area contributed by atoms with Crippen LogP contribution in [0.2, 0.25) is 0 Å². The monoisotopic (exact) mass is 562 g/mol. The number of benzene rings is 2. The van der Waals surface area contributed by atoms with Gasteiger partial charge in [-0.15, -0.1) is 0 Å². The summed E-state index contributed by atoms with van der Waals surface area (Å²) in [6.45, 7) is 10.8. The number of ether oxygens (including phenoxy) is 1. The highest BCUT2D eigenvalue weighted by Gasteiger charge is 2.28. The van der Waals surface area contributed by atoms with Crippen molar-refractivity contribution >= 4 is 12.3 Å². The zero-order chi connectivity index (χ0) is 30.0. The van der Waals surface area contributed by atoms with E-state index in [2.05, 4.69) is 68.6 Å². The van der Waals surface area contributed by atoms with E-state index < -0.39 is 0 Å². The lowest BCUT2D eigenvalue weighted by Crippen LogP contribution is -2.29. The Hall–Kier alpha value is -3.02. The number of aryl methyl sites for hydroxylation is 2. The summed E-state index contributed by atoms with van der Waals surface area (Å²) < 4.78 is 5.31. The quantitative estimate of drug-likeness (QED) is 0.103. The summed E-state index contributed by atoms with van der Waals surface area (Å²) in [4.78, 5) is 21.2. The number of hydrogen-bond donors (Lipinski definition) is 2. The highest BCUT2D eigenvalue weighted by atomic mass is 16.5. The van der Waals surface area contributed by atoms with Gasteiger partial charge in [0.15, 0.2) is 0 Å². The van der Waals surface area contributed by atoms with Crippen molar-refractivity contribution in [3.63, 3.8) is 0 Å². The molecule has 1 aliphatic rings. The van der Waals surface area contributed by atoms with Crippen molar-refractivity contribution in [2.75, 3.05) is 19.8 Å². The van der Waals surface area contributed by atoms with Crippen LogP contribution in [0.25, 0.3) is 11.1 Å². The van der Waals surface area contributed by atoms with Gasteiger partial charge in [0.05, 0.1) is 13.2 Å². The highest BCUT2D eigenvalue weighted by Crippen LogP contribution is 2.36. The minimum absolute atomic E-state index is 0.0391. The molecule has 41 heavy (non-hydrogen) atoms. The number of esters is 1. The first-order valence-electron chi connectivity index (χ1n) is 15.2. The molecule has 1 fully saturated rings. The molecular formula is C36H50O5. The number of aliphatic hydroxyl groups is 2. The predicted molar refractivity (Wildman–Crippen MR) is 168 cm³/mol. The number of hydrogen-bond acceptors (Lipinski definition) is 5. The van der Waals surface area contributed by atoms with Crippen LogP contribution in [0.1, 0.15) is 76.3 Å². The van der Waals surface area contributed by atoms with E-state index >= 15 is 0 Å². The molecule has 0 aliphatic heterocycles. The van der Waals surface area contributed by atoms with Crippen molar-refractivity contribution < 1.29 is 24.5 Å². The Morgan fingerprint density at radius 3 is 1.93 bits per heavy atom. The van der Waals surface area contributed by atoms with Gasteiger partial charge in [-0.25, -0.2) is 4.79 Å². The van der Waals surface area contributed by atoms with E-state index in [9.17, 15) is 14.7 Å². The maximum Gasteiger partial charge on any atom is 0.333 e. The van der Waals surface area contributed by atoms with E-state index in [1.165, 1.54) is 67.2 Å². The summed E-state index contributed by atoms with van der Waals surface area (Å²) in [5, 5.41) is 17.8. The van der Waals surface area contributed by atoms with Gasteiger partial charge >= 0.3 is 5.97 Å². The fourth-order valence-corrected chi connectivity index (χ4v) is 5.31. The Kier molecular flexibility index (Phi) is 16.0. The van der Waals surface area contributed by atoms with Crippen LogP contribution >= 0.6 is 0 Å². The highest BCUT2D eigenvalue weighted by molar-refractivity contribution is 5.86. The molecule has 1 aliphatic carbocycles. The van der Waals surface area contributed by atoms with Crippen LogP contribution in [0, 0.1) is 17.8 Å². The Morgan fingerprint density at radius 2 is 1.49 bits per heavy atom. The topological polar surface area (TPSA) is 83.8 Å². The minimum atomic E-state index is -0.359. The lowest BCUT2D eigenvalue weighted by molar-refractivity contribution is -0.141. The normalized spacial score (nSPS) is 17.1. The van der Waals surface area contributed by atoms with E-state index in [-0.39, 0.29) is 30.7 Å². The van der Waals surface area contributed by atoms with Crippen molar-refractivity contribution in [1.29, 1.82) is 0 Å². The molecule has 5 heteroatoms. The zero-order valence-corrected chi connectivity index (χ0v) is 25.2. The summed E-state index contributed by atoms with van der Waals surface area (Å²) in [5.41, 5.74) is 6.06. The molecule has 0 bridgehead atoms. The van der Waals surface area contributed by atoms with Crippen molar-refractivity contribution in [2.24, 2.45) is 17.8 Å². The van der Waals surface area contributed by atoms with Gasteiger partial charge in [0.2, 0.25) is 0 Å². The molecule has 0 radical (unpaired) electrons. The third-order valence-corrected chi connectivity index (χ3v) is 8.09. The number of unbranched alkanes of at least 4 members (excludes halogenated alkanes) is 2. The van der Waals surface area contributed by atoms with Gasteiger partial charge in [0, 0.05) is 23.7 Å². The minimum Gasteiger partial charge on any atom is -0.462 e. The Bertz CT molecular complexity index is 1060. The number of aldehydes is 1. The van der Waals surface area contributed by atoms with Gasteiger partial charge in [-0.1, -0.05) is 94.3 Å². The Labute approximate surface area is 247 Å². The molecule has 0 heterocycles. The summed E-state index contributed by atoms with van der Waals surface area (Å²) in [6, 6.07) is 18.2. The number of rotatable bonds is 15. The summed E-state index contributed by atoms with van der Waals surface area (Å²) in [6.07, 6.45) is 12.5. The molecule has 2 N–H and O–H groups in total. The van der Waals surface area contributed by atoms with E-state index in [1.807, 2.05) is 0 Å². The van der Waals surface area contributed by atoms with Crippen LogP contribution in [0.15, 0.2) is 72.8 Å². The average molecular weight is 563 g/mol. The second-order valence-electron chi connectivity index (χ2n) is 11.4. The lowest BCUT2D eigenvalue weighted by Gasteiger charge is -2.33. The number of carbonyl (C=O) groups is 2. The Balaban J connectivity index is 0.000000883. The molecule has 2 aromatic carbocycles. The largest absolute Gasteiger partial charge is 0.462 e. The van der Waals surface area contributed by atoms with Gasteiger partial charge < -0.3 is 14.9 Å². The van der Waals surface area contributed by atoms with Crippen molar-refractivity contribution in [3.8, 4) is 11.1 Å². The first kappa shape index (κ1) is 34.2. The van der Waals surface area contributed by atoms with E-state index in [0.29, 0.717) is 24.4 Å². The van der Waals surface area contributed by atoms with Crippen LogP contribution < -0.4 is 0 Å². The van der Waals surface area contributed by atoms with Crippen LogP contribution in [0.4, 0.5) is 0 Å². The van der Waals surface area contributed by atoms with Crippen molar-refractivity contribution in [2.45, 2.75) is 78.1 Å². The summed E-state index contributed by atoms with van der Waals surface area (Å²) >= 11 is 0. The van der Waals surface area contributed by atoms with E-state index in [1.54, 1.807) is 6.92 Å². The van der Waals surface area contributed by atoms with Gasteiger partial charge in [-0.05, 0) is 79.5 Å². The van der Waals surface area contributed by atoms with Gasteiger partial charge in [0.25, 0.3) is 0 Å².